The van der Waals surface area contributed by atoms with Crippen LogP contribution in [0.2, 0.25) is 0 Å². The monoisotopic (exact) mass is 331 g/mol. The van der Waals surface area contributed by atoms with Crippen LogP contribution in [-0.4, -0.2) is 16.0 Å². The van der Waals surface area contributed by atoms with E-state index in [-0.39, 0.29) is 18.1 Å². The fourth-order valence-electron chi connectivity index (χ4n) is 2.07. The van der Waals surface area contributed by atoms with E-state index >= 15 is 0 Å². The Morgan fingerprint density at radius 2 is 2.04 bits per heavy atom. The molecule has 0 fully saturated rings. The molecule has 0 atom stereocenters. The second kappa shape index (κ2) is 6.29. The van der Waals surface area contributed by atoms with Crippen molar-refractivity contribution < 1.29 is 13.7 Å². The number of carbonyl (C=O) groups is 1. The van der Waals surface area contributed by atoms with E-state index in [0.717, 1.165) is 21.1 Å². The standard InChI is InChI=1S/C16H14FN3O2S/c1-9-7-14(20-22-9)19-15(21)8-13-10(2)18-16(23-13)11-3-5-12(17)6-4-11/h3-7H,8H2,1-2H3,(H,19,20,21). The van der Waals surface area contributed by atoms with Crippen LogP contribution in [0.25, 0.3) is 10.6 Å². The first-order valence-corrected chi connectivity index (χ1v) is 7.78. The first-order chi connectivity index (χ1) is 11.0. The van der Waals surface area contributed by atoms with Gasteiger partial charge in [0.05, 0.1) is 12.1 Å². The van der Waals surface area contributed by atoms with Gasteiger partial charge in [0.1, 0.15) is 16.6 Å². The van der Waals surface area contributed by atoms with Crippen molar-refractivity contribution in [3.63, 3.8) is 0 Å². The summed E-state index contributed by atoms with van der Waals surface area (Å²) in [6.07, 6.45) is 0.205. The third kappa shape index (κ3) is 3.62. The van der Waals surface area contributed by atoms with Crippen molar-refractivity contribution in [3.8, 4) is 10.6 Å². The number of anilines is 1. The molecule has 0 aliphatic rings. The van der Waals surface area contributed by atoms with Gasteiger partial charge < -0.3 is 9.84 Å². The predicted octanol–water partition coefficient (Wildman–Crippen LogP) is 3.74. The third-order valence-corrected chi connectivity index (χ3v) is 4.41. The largest absolute Gasteiger partial charge is 0.360 e. The third-order valence-electron chi connectivity index (χ3n) is 3.20. The summed E-state index contributed by atoms with van der Waals surface area (Å²) in [6.45, 7) is 3.61. The topological polar surface area (TPSA) is 68.0 Å². The van der Waals surface area contributed by atoms with Gasteiger partial charge in [-0.25, -0.2) is 9.37 Å². The molecule has 3 rings (SSSR count). The molecule has 3 aromatic rings. The van der Waals surface area contributed by atoms with Crippen LogP contribution < -0.4 is 5.32 Å². The Balaban J connectivity index is 1.73. The number of hydrogen-bond acceptors (Lipinski definition) is 5. The van der Waals surface area contributed by atoms with Gasteiger partial charge in [-0.1, -0.05) is 5.16 Å². The van der Waals surface area contributed by atoms with E-state index in [2.05, 4.69) is 15.5 Å². The number of amides is 1. The van der Waals surface area contributed by atoms with Gasteiger partial charge in [-0.3, -0.25) is 4.79 Å². The maximum absolute atomic E-state index is 13.0. The molecule has 0 aliphatic heterocycles. The molecule has 0 saturated heterocycles. The summed E-state index contributed by atoms with van der Waals surface area (Å²) in [5, 5.41) is 7.17. The Labute approximate surface area is 136 Å². The Hall–Kier alpha value is -2.54. The molecule has 0 spiro atoms. The molecule has 7 heteroatoms. The van der Waals surface area contributed by atoms with Crippen molar-refractivity contribution in [1.82, 2.24) is 10.1 Å². The molecular formula is C16H14FN3O2S. The molecular weight excluding hydrogens is 317 g/mol. The van der Waals surface area contributed by atoms with E-state index in [4.69, 9.17) is 4.52 Å². The van der Waals surface area contributed by atoms with E-state index < -0.39 is 0 Å². The fraction of sp³-hybridized carbons (Fsp3) is 0.188. The number of benzene rings is 1. The zero-order chi connectivity index (χ0) is 16.4. The van der Waals surface area contributed by atoms with Crippen LogP contribution in [0.15, 0.2) is 34.9 Å². The van der Waals surface area contributed by atoms with Crippen LogP contribution in [0.5, 0.6) is 0 Å². The highest BCUT2D eigenvalue weighted by molar-refractivity contribution is 7.15. The van der Waals surface area contributed by atoms with Crippen molar-refractivity contribution in [3.05, 3.63) is 52.5 Å². The molecule has 1 amide bonds. The number of aromatic nitrogens is 2. The minimum Gasteiger partial charge on any atom is -0.360 e. The number of rotatable bonds is 4. The maximum atomic E-state index is 13.0. The molecule has 0 aliphatic carbocycles. The van der Waals surface area contributed by atoms with Crippen LogP contribution in [0, 0.1) is 19.7 Å². The van der Waals surface area contributed by atoms with Crippen molar-refractivity contribution in [2.75, 3.05) is 5.32 Å². The molecule has 1 N–H and O–H groups in total. The molecule has 2 aromatic heterocycles. The lowest BCUT2D eigenvalue weighted by atomic mass is 10.2. The maximum Gasteiger partial charge on any atom is 0.230 e. The van der Waals surface area contributed by atoms with Crippen molar-refractivity contribution in [2.45, 2.75) is 20.3 Å². The highest BCUT2D eigenvalue weighted by Crippen LogP contribution is 2.28. The van der Waals surface area contributed by atoms with E-state index in [1.54, 1.807) is 25.1 Å². The lowest BCUT2D eigenvalue weighted by Gasteiger charge is -1.99. The predicted molar refractivity (Wildman–Crippen MR) is 85.8 cm³/mol. The summed E-state index contributed by atoms with van der Waals surface area (Å²) in [5.41, 5.74) is 1.62. The molecule has 0 saturated carbocycles. The van der Waals surface area contributed by atoms with Gasteiger partial charge in [0.15, 0.2) is 5.82 Å². The van der Waals surface area contributed by atoms with Crippen LogP contribution >= 0.6 is 11.3 Å². The summed E-state index contributed by atoms with van der Waals surface area (Å²) >= 11 is 1.42. The lowest BCUT2D eigenvalue weighted by molar-refractivity contribution is -0.115. The Morgan fingerprint density at radius 3 is 2.70 bits per heavy atom. The van der Waals surface area contributed by atoms with Crippen molar-refractivity contribution in [1.29, 1.82) is 0 Å². The number of carbonyl (C=O) groups excluding carboxylic acids is 1. The smallest absolute Gasteiger partial charge is 0.230 e. The zero-order valence-electron chi connectivity index (χ0n) is 12.6. The zero-order valence-corrected chi connectivity index (χ0v) is 13.4. The Kier molecular flexibility index (Phi) is 4.20. The van der Waals surface area contributed by atoms with E-state index in [0.29, 0.717) is 11.6 Å². The molecule has 0 radical (unpaired) electrons. The second-order valence-electron chi connectivity index (χ2n) is 5.08. The lowest BCUT2D eigenvalue weighted by Crippen LogP contribution is -2.14. The molecule has 0 unspecified atom stereocenters. The van der Waals surface area contributed by atoms with Crippen molar-refractivity contribution in [2.24, 2.45) is 0 Å². The highest BCUT2D eigenvalue weighted by Gasteiger charge is 2.14. The van der Waals surface area contributed by atoms with Gasteiger partial charge in [-0.15, -0.1) is 11.3 Å². The van der Waals surface area contributed by atoms with E-state index in [1.165, 1.54) is 23.5 Å². The average molecular weight is 331 g/mol. The van der Waals surface area contributed by atoms with Gasteiger partial charge in [0.2, 0.25) is 5.91 Å². The summed E-state index contributed by atoms with van der Waals surface area (Å²) in [7, 11) is 0. The normalized spacial score (nSPS) is 10.7. The number of hydrogen-bond donors (Lipinski definition) is 1. The van der Waals surface area contributed by atoms with Gasteiger partial charge in [0, 0.05) is 16.5 Å². The first-order valence-electron chi connectivity index (χ1n) is 6.96. The van der Waals surface area contributed by atoms with Gasteiger partial charge in [-0.2, -0.15) is 0 Å². The van der Waals surface area contributed by atoms with Gasteiger partial charge >= 0.3 is 0 Å². The number of nitrogens with zero attached hydrogens (tertiary/aromatic N) is 2. The summed E-state index contributed by atoms with van der Waals surface area (Å²) in [6, 6.07) is 7.79. The summed E-state index contributed by atoms with van der Waals surface area (Å²) in [4.78, 5) is 17.4. The average Bonchev–Trinajstić information content (AvgIpc) is 3.06. The molecule has 118 valence electrons. The molecule has 5 nitrogen and oxygen atoms in total. The molecule has 2 heterocycles. The molecule has 23 heavy (non-hydrogen) atoms. The van der Waals surface area contributed by atoms with Crippen LogP contribution in [0.1, 0.15) is 16.3 Å². The quantitative estimate of drug-likeness (QED) is 0.791. The minimum absolute atomic E-state index is 0.185. The summed E-state index contributed by atoms with van der Waals surface area (Å²) < 4.78 is 17.9. The van der Waals surface area contributed by atoms with Gasteiger partial charge in [0.25, 0.3) is 0 Å². The number of aryl methyl sites for hydroxylation is 2. The number of nitrogens with one attached hydrogen (secondary N) is 1. The fourth-order valence-corrected chi connectivity index (χ4v) is 3.13. The van der Waals surface area contributed by atoms with E-state index in [9.17, 15) is 9.18 Å². The van der Waals surface area contributed by atoms with Crippen molar-refractivity contribution >= 4 is 23.1 Å². The Bertz CT molecular complexity index is 839. The first kappa shape index (κ1) is 15.4. The van der Waals surface area contributed by atoms with Crippen LogP contribution in [0.4, 0.5) is 10.2 Å². The van der Waals surface area contributed by atoms with E-state index in [1.807, 2.05) is 6.92 Å². The van der Waals surface area contributed by atoms with Crippen LogP contribution in [-0.2, 0) is 11.2 Å². The molecule has 1 aromatic carbocycles. The highest BCUT2D eigenvalue weighted by atomic mass is 32.1. The SMILES string of the molecule is Cc1cc(NC(=O)Cc2sc(-c3ccc(F)cc3)nc2C)no1. The van der Waals surface area contributed by atoms with Gasteiger partial charge in [-0.05, 0) is 38.1 Å². The minimum atomic E-state index is -0.287. The number of halogens is 1. The Morgan fingerprint density at radius 1 is 1.30 bits per heavy atom. The second-order valence-corrected chi connectivity index (χ2v) is 6.17. The van der Waals surface area contributed by atoms with Crippen LogP contribution in [0.3, 0.4) is 0 Å². The summed E-state index contributed by atoms with van der Waals surface area (Å²) in [5.74, 6) is 0.557. The number of thiazole rings is 1. The molecule has 0 bridgehead atoms.